The van der Waals surface area contributed by atoms with Crippen molar-refractivity contribution < 1.29 is 50.9 Å². The number of carbonyl (C=O) groups excluding carboxylic acids is 2. The Hall–Kier alpha value is -3.81. The summed E-state index contributed by atoms with van der Waals surface area (Å²) in [5.41, 5.74) is -0.0255. The molecule has 2 aromatic rings. The number of piperazine rings is 1. The molecule has 2 aromatic carbocycles. The van der Waals surface area contributed by atoms with Crippen molar-refractivity contribution in [3.8, 4) is 16.9 Å². The van der Waals surface area contributed by atoms with Crippen molar-refractivity contribution in [2.45, 2.75) is 18.4 Å². The molecular weight excluding hydrogens is 488 g/mol. The fourth-order valence-corrected chi connectivity index (χ4v) is 3.50. The number of hydrogen-bond donors (Lipinski definition) is 4. The van der Waals surface area contributed by atoms with Gasteiger partial charge in [-0.2, -0.15) is 26.3 Å². The second-order valence-corrected chi connectivity index (χ2v) is 7.54. The summed E-state index contributed by atoms with van der Waals surface area (Å²) in [6.07, 6.45) is -9.70. The standard InChI is InChI=1S/C19H16F3N3O3.C2HF3O2/c20-19(21,22)12-5-11(6-13(26)8-12)10-1-2-15-14(7-10)18(28)25-4-3-23-9-16(25)17(27)24-15;3-2(4,5)1(6)7/h1-2,5-8,16,23,26H,3-4,9H2,(H,24,27);(H,6,7)/t16-;/m0./s1. The van der Waals surface area contributed by atoms with Gasteiger partial charge in [-0.3, -0.25) is 9.59 Å². The smallest absolute Gasteiger partial charge is 0.490 e. The molecule has 2 aliphatic heterocycles. The molecule has 1 atom stereocenters. The molecule has 0 unspecified atom stereocenters. The van der Waals surface area contributed by atoms with E-state index in [-0.39, 0.29) is 22.9 Å². The molecule has 4 N–H and O–H groups in total. The minimum atomic E-state index is -5.08. The molecule has 0 saturated carbocycles. The molecule has 2 aliphatic rings. The van der Waals surface area contributed by atoms with E-state index in [0.29, 0.717) is 37.0 Å². The lowest BCUT2D eigenvalue weighted by molar-refractivity contribution is -0.192. The number of carbonyl (C=O) groups is 3. The van der Waals surface area contributed by atoms with Crippen LogP contribution in [0.4, 0.5) is 32.0 Å². The maximum atomic E-state index is 13.1. The minimum Gasteiger partial charge on any atom is -0.508 e. The molecule has 2 heterocycles. The van der Waals surface area contributed by atoms with E-state index in [0.717, 1.165) is 6.07 Å². The highest BCUT2D eigenvalue weighted by Gasteiger charge is 2.38. The van der Waals surface area contributed by atoms with Gasteiger partial charge in [0.2, 0.25) is 5.91 Å². The number of benzene rings is 2. The number of carboxylic acids is 1. The van der Waals surface area contributed by atoms with Gasteiger partial charge in [-0.25, -0.2) is 4.79 Å². The highest BCUT2D eigenvalue weighted by molar-refractivity contribution is 6.10. The number of amides is 2. The average Bonchev–Trinajstić information content (AvgIpc) is 2.87. The van der Waals surface area contributed by atoms with Crippen molar-refractivity contribution in [3.05, 3.63) is 47.5 Å². The van der Waals surface area contributed by atoms with E-state index >= 15 is 0 Å². The van der Waals surface area contributed by atoms with E-state index in [1.165, 1.54) is 29.2 Å². The van der Waals surface area contributed by atoms with Crippen LogP contribution in [0.1, 0.15) is 15.9 Å². The Balaban J connectivity index is 0.000000429. The van der Waals surface area contributed by atoms with Gasteiger partial charge in [0.15, 0.2) is 0 Å². The van der Waals surface area contributed by atoms with Crippen LogP contribution in [-0.2, 0) is 15.8 Å². The number of anilines is 1. The third-order valence-electron chi connectivity index (χ3n) is 5.14. The second kappa shape index (κ2) is 9.44. The van der Waals surface area contributed by atoms with Crippen LogP contribution >= 0.6 is 0 Å². The molecule has 1 fully saturated rings. The van der Waals surface area contributed by atoms with E-state index in [4.69, 9.17) is 9.90 Å². The number of fused-ring (bicyclic) bond motifs is 2. The second-order valence-electron chi connectivity index (χ2n) is 7.54. The Morgan fingerprint density at radius 2 is 1.66 bits per heavy atom. The predicted octanol–water partition coefficient (Wildman–Crippen LogP) is 3.08. The van der Waals surface area contributed by atoms with Crippen LogP contribution in [0.5, 0.6) is 5.75 Å². The molecule has 0 aromatic heterocycles. The van der Waals surface area contributed by atoms with E-state index in [1.54, 1.807) is 0 Å². The number of rotatable bonds is 1. The number of phenolic OH excluding ortho intramolecular Hbond substituents is 1. The van der Waals surface area contributed by atoms with Crippen LogP contribution in [0.3, 0.4) is 0 Å². The van der Waals surface area contributed by atoms with Gasteiger partial charge in [0.05, 0.1) is 16.8 Å². The summed E-state index contributed by atoms with van der Waals surface area (Å²) in [4.78, 5) is 35.7. The number of aromatic hydroxyl groups is 1. The summed E-state index contributed by atoms with van der Waals surface area (Å²) < 4.78 is 70.9. The molecule has 1 saturated heterocycles. The molecule has 0 bridgehead atoms. The summed E-state index contributed by atoms with van der Waals surface area (Å²) in [5.74, 6) is -3.96. The first kappa shape index (κ1) is 25.8. The Kier molecular flexibility index (Phi) is 6.96. The topological polar surface area (TPSA) is 119 Å². The minimum absolute atomic E-state index is 0.121. The molecule has 2 amide bonds. The van der Waals surface area contributed by atoms with Crippen LogP contribution in [-0.4, -0.2) is 64.7 Å². The van der Waals surface area contributed by atoms with E-state index in [2.05, 4.69) is 10.6 Å². The summed E-state index contributed by atoms with van der Waals surface area (Å²) in [6.45, 7) is 1.23. The molecular formula is C21H17F6N3O5. The zero-order chi connectivity index (χ0) is 26.1. The van der Waals surface area contributed by atoms with Gasteiger partial charge in [0.1, 0.15) is 11.8 Å². The van der Waals surface area contributed by atoms with Gasteiger partial charge < -0.3 is 25.7 Å². The van der Waals surface area contributed by atoms with Gasteiger partial charge >= 0.3 is 18.3 Å². The first-order chi connectivity index (χ1) is 16.2. The van der Waals surface area contributed by atoms with Gasteiger partial charge in [0, 0.05) is 19.6 Å². The van der Waals surface area contributed by atoms with Crippen molar-refractivity contribution in [1.29, 1.82) is 0 Å². The Bertz CT molecular complexity index is 1170. The van der Waals surface area contributed by atoms with Gasteiger partial charge in [-0.15, -0.1) is 0 Å². The highest BCUT2D eigenvalue weighted by Crippen LogP contribution is 2.36. The van der Waals surface area contributed by atoms with Crippen molar-refractivity contribution >= 4 is 23.5 Å². The number of alkyl halides is 6. The van der Waals surface area contributed by atoms with E-state index < -0.39 is 35.7 Å². The van der Waals surface area contributed by atoms with Crippen molar-refractivity contribution in [2.24, 2.45) is 0 Å². The third-order valence-corrected chi connectivity index (χ3v) is 5.14. The molecule has 188 valence electrons. The van der Waals surface area contributed by atoms with Crippen molar-refractivity contribution in [3.63, 3.8) is 0 Å². The Morgan fingerprint density at radius 3 is 2.26 bits per heavy atom. The van der Waals surface area contributed by atoms with Gasteiger partial charge in [0.25, 0.3) is 5.91 Å². The van der Waals surface area contributed by atoms with Gasteiger partial charge in [-0.05, 0) is 41.5 Å². The zero-order valence-corrected chi connectivity index (χ0v) is 17.5. The van der Waals surface area contributed by atoms with Crippen LogP contribution in [0, 0.1) is 0 Å². The molecule has 4 rings (SSSR count). The number of hydrogen-bond acceptors (Lipinski definition) is 5. The monoisotopic (exact) mass is 505 g/mol. The Morgan fingerprint density at radius 1 is 1.00 bits per heavy atom. The number of phenols is 1. The van der Waals surface area contributed by atoms with E-state index in [9.17, 15) is 41.0 Å². The fraction of sp³-hybridized carbons (Fsp3) is 0.286. The van der Waals surface area contributed by atoms with Crippen LogP contribution in [0.25, 0.3) is 11.1 Å². The van der Waals surface area contributed by atoms with E-state index in [1.807, 2.05) is 0 Å². The van der Waals surface area contributed by atoms with Crippen LogP contribution < -0.4 is 10.6 Å². The number of nitrogens with zero attached hydrogens (tertiary/aromatic N) is 1. The molecule has 8 nitrogen and oxygen atoms in total. The number of carboxylic acid groups (broad SMARTS) is 1. The summed E-state index contributed by atoms with van der Waals surface area (Å²) in [6, 6.07) is 6.54. The van der Waals surface area contributed by atoms with Crippen molar-refractivity contribution in [2.75, 3.05) is 25.0 Å². The largest absolute Gasteiger partial charge is 0.508 e. The highest BCUT2D eigenvalue weighted by atomic mass is 19.4. The van der Waals surface area contributed by atoms with Crippen molar-refractivity contribution in [1.82, 2.24) is 10.2 Å². The lowest BCUT2D eigenvalue weighted by Crippen LogP contribution is -2.57. The fourth-order valence-electron chi connectivity index (χ4n) is 3.50. The number of halogens is 6. The molecule has 0 spiro atoms. The summed E-state index contributed by atoms with van der Waals surface area (Å²) >= 11 is 0. The maximum absolute atomic E-state index is 13.1. The summed E-state index contributed by atoms with van der Waals surface area (Å²) in [5, 5.41) is 22.6. The summed E-state index contributed by atoms with van der Waals surface area (Å²) in [7, 11) is 0. The lowest BCUT2D eigenvalue weighted by atomic mass is 9.99. The normalized spacial score (nSPS) is 17.9. The molecule has 0 radical (unpaired) electrons. The quantitative estimate of drug-likeness (QED) is 0.443. The Labute approximate surface area is 193 Å². The zero-order valence-electron chi connectivity index (χ0n) is 17.5. The number of nitrogens with one attached hydrogen (secondary N) is 2. The maximum Gasteiger partial charge on any atom is 0.490 e. The first-order valence-corrected chi connectivity index (χ1v) is 9.87. The molecule has 14 heteroatoms. The average molecular weight is 505 g/mol. The van der Waals surface area contributed by atoms with Crippen LogP contribution in [0.15, 0.2) is 36.4 Å². The molecule has 0 aliphatic carbocycles. The molecule has 35 heavy (non-hydrogen) atoms. The first-order valence-electron chi connectivity index (χ1n) is 9.87. The van der Waals surface area contributed by atoms with Gasteiger partial charge in [-0.1, -0.05) is 6.07 Å². The SMILES string of the molecule is O=C(O)C(F)(F)F.O=C1Nc2ccc(-c3cc(O)cc(C(F)(F)F)c3)cc2C(=O)N2CCNC[C@@H]12. The number of aliphatic carboxylic acids is 1. The third kappa shape index (κ3) is 5.82. The lowest BCUT2D eigenvalue weighted by Gasteiger charge is -2.33. The predicted molar refractivity (Wildman–Crippen MR) is 109 cm³/mol. The van der Waals surface area contributed by atoms with Crippen LogP contribution in [0.2, 0.25) is 0 Å².